The number of piperidine rings is 1. The Balaban J connectivity index is 1.94. The zero-order valence-corrected chi connectivity index (χ0v) is 12.9. The van der Waals surface area contributed by atoms with Crippen molar-refractivity contribution in [3.8, 4) is 0 Å². The second kappa shape index (κ2) is 6.24. The van der Waals surface area contributed by atoms with E-state index in [-0.39, 0.29) is 0 Å². The van der Waals surface area contributed by atoms with Gasteiger partial charge in [0.05, 0.1) is 5.56 Å². The van der Waals surface area contributed by atoms with Crippen molar-refractivity contribution < 1.29 is 4.79 Å². The van der Waals surface area contributed by atoms with E-state index >= 15 is 0 Å². The maximum absolute atomic E-state index is 11.8. The van der Waals surface area contributed by atoms with E-state index in [1.807, 2.05) is 12.1 Å². The molecule has 4 nitrogen and oxygen atoms in total. The molecule has 0 aliphatic carbocycles. The highest BCUT2D eigenvalue weighted by Crippen LogP contribution is 2.32. The molecule has 2 saturated heterocycles. The molecule has 1 amide bonds. The molecule has 114 valence electrons. The minimum Gasteiger partial charge on any atom is -0.366 e. The highest BCUT2D eigenvalue weighted by Gasteiger charge is 2.33. The third-order valence-corrected chi connectivity index (χ3v) is 4.88. The summed E-state index contributed by atoms with van der Waals surface area (Å²) < 4.78 is 0. The number of carbonyl (C=O) groups is 1. The van der Waals surface area contributed by atoms with Crippen molar-refractivity contribution in [3.05, 3.63) is 28.8 Å². The number of hydrogen-bond donors (Lipinski definition) is 2. The molecule has 2 aliphatic heterocycles. The topological polar surface area (TPSA) is 58.4 Å². The molecule has 2 aliphatic rings. The van der Waals surface area contributed by atoms with Crippen molar-refractivity contribution in [2.75, 3.05) is 18.0 Å². The van der Waals surface area contributed by atoms with Gasteiger partial charge in [-0.2, -0.15) is 0 Å². The zero-order valence-electron chi connectivity index (χ0n) is 12.1. The number of nitrogens with one attached hydrogen (secondary N) is 1. The quantitative estimate of drug-likeness (QED) is 0.902. The van der Waals surface area contributed by atoms with Gasteiger partial charge in [0.15, 0.2) is 0 Å². The summed E-state index contributed by atoms with van der Waals surface area (Å²) in [5.41, 5.74) is 7.02. The van der Waals surface area contributed by atoms with E-state index in [1.165, 1.54) is 25.7 Å². The molecule has 1 aromatic rings. The summed E-state index contributed by atoms with van der Waals surface area (Å²) in [7, 11) is 0. The number of nitrogens with two attached hydrogens (primary N) is 1. The summed E-state index contributed by atoms with van der Waals surface area (Å²) in [6, 6.07) is 6.43. The Morgan fingerprint density at radius 3 is 2.86 bits per heavy atom. The maximum Gasteiger partial charge on any atom is 0.250 e. The van der Waals surface area contributed by atoms with Crippen LogP contribution in [0.5, 0.6) is 0 Å². The number of carbonyl (C=O) groups excluding carboxylic acids is 1. The predicted molar refractivity (Wildman–Crippen MR) is 86.0 cm³/mol. The molecule has 2 heterocycles. The third-order valence-electron chi connectivity index (χ3n) is 4.65. The Labute approximate surface area is 130 Å². The Morgan fingerprint density at radius 2 is 2.14 bits per heavy atom. The molecule has 0 bridgehead atoms. The Bertz CT molecular complexity index is 528. The summed E-state index contributed by atoms with van der Waals surface area (Å²) >= 11 is 6.02. The number of primary amides is 1. The van der Waals surface area contributed by atoms with Crippen molar-refractivity contribution in [3.63, 3.8) is 0 Å². The van der Waals surface area contributed by atoms with Gasteiger partial charge in [0.25, 0.3) is 5.91 Å². The van der Waals surface area contributed by atoms with Crippen LogP contribution in [0.25, 0.3) is 0 Å². The summed E-state index contributed by atoms with van der Waals surface area (Å²) in [5, 5.41) is 4.16. The molecule has 3 rings (SSSR count). The molecule has 2 unspecified atom stereocenters. The lowest BCUT2D eigenvalue weighted by Crippen LogP contribution is -2.50. The smallest absolute Gasteiger partial charge is 0.250 e. The van der Waals surface area contributed by atoms with Gasteiger partial charge in [-0.25, -0.2) is 0 Å². The number of rotatable bonds is 3. The van der Waals surface area contributed by atoms with Gasteiger partial charge in [0, 0.05) is 29.3 Å². The van der Waals surface area contributed by atoms with Crippen LogP contribution in [0.3, 0.4) is 0 Å². The normalized spacial score (nSPS) is 26.0. The lowest BCUT2D eigenvalue weighted by molar-refractivity contribution is 0.100. The van der Waals surface area contributed by atoms with E-state index in [0.29, 0.717) is 22.7 Å². The van der Waals surface area contributed by atoms with Crippen molar-refractivity contribution in [2.24, 2.45) is 5.73 Å². The van der Waals surface area contributed by atoms with Gasteiger partial charge < -0.3 is 16.0 Å². The Morgan fingerprint density at radius 1 is 1.29 bits per heavy atom. The number of benzene rings is 1. The lowest BCUT2D eigenvalue weighted by atomic mass is 9.93. The van der Waals surface area contributed by atoms with Crippen LogP contribution in [0.1, 0.15) is 42.5 Å². The molecule has 0 aromatic heterocycles. The largest absolute Gasteiger partial charge is 0.366 e. The second-order valence-corrected chi connectivity index (χ2v) is 6.42. The molecule has 2 fully saturated rings. The Hall–Kier alpha value is -1.26. The lowest BCUT2D eigenvalue weighted by Gasteiger charge is -2.41. The first-order valence-electron chi connectivity index (χ1n) is 7.76. The van der Waals surface area contributed by atoms with Crippen LogP contribution in [0.2, 0.25) is 5.02 Å². The molecule has 2 atom stereocenters. The van der Waals surface area contributed by atoms with Crippen molar-refractivity contribution >= 4 is 23.2 Å². The molecule has 21 heavy (non-hydrogen) atoms. The molecule has 0 saturated carbocycles. The van der Waals surface area contributed by atoms with Crippen LogP contribution in [-0.2, 0) is 0 Å². The van der Waals surface area contributed by atoms with Crippen molar-refractivity contribution in [1.29, 1.82) is 0 Å². The minimum absolute atomic E-state index is 0.406. The maximum atomic E-state index is 11.8. The fraction of sp³-hybridized carbons (Fsp3) is 0.562. The van der Waals surface area contributed by atoms with Crippen LogP contribution >= 0.6 is 11.6 Å². The first-order chi connectivity index (χ1) is 10.2. The third kappa shape index (κ3) is 3.01. The zero-order chi connectivity index (χ0) is 14.8. The van der Waals surface area contributed by atoms with E-state index in [0.717, 1.165) is 25.2 Å². The summed E-state index contributed by atoms with van der Waals surface area (Å²) in [6.45, 7) is 2.07. The van der Waals surface area contributed by atoms with Gasteiger partial charge in [-0.15, -0.1) is 0 Å². The van der Waals surface area contributed by atoms with Gasteiger partial charge in [-0.1, -0.05) is 11.6 Å². The van der Waals surface area contributed by atoms with E-state index in [9.17, 15) is 4.79 Å². The number of halogens is 1. The SMILES string of the molecule is NC(=O)c1cc(Cl)ccc1N1CCCCC1C1CCCN1. The average molecular weight is 308 g/mol. The highest BCUT2D eigenvalue weighted by atomic mass is 35.5. The number of hydrogen-bond acceptors (Lipinski definition) is 3. The molecule has 5 heteroatoms. The monoisotopic (exact) mass is 307 g/mol. The van der Waals surface area contributed by atoms with Crippen LogP contribution < -0.4 is 16.0 Å². The van der Waals surface area contributed by atoms with Gasteiger partial charge in [0.2, 0.25) is 0 Å². The van der Waals surface area contributed by atoms with E-state index in [4.69, 9.17) is 17.3 Å². The number of nitrogens with zero attached hydrogens (tertiary/aromatic N) is 1. The molecule has 0 spiro atoms. The fourth-order valence-electron chi connectivity index (χ4n) is 3.67. The highest BCUT2D eigenvalue weighted by molar-refractivity contribution is 6.31. The Kier molecular flexibility index (Phi) is 4.36. The van der Waals surface area contributed by atoms with Gasteiger partial charge in [-0.05, 0) is 56.8 Å². The molecular formula is C16H22ClN3O. The first kappa shape index (κ1) is 14.7. The number of amides is 1. The summed E-state index contributed by atoms with van der Waals surface area (Å²) in [5.74, 6) is -0.406. The standard InChI is InChI=1S/C16H22ClN3O/c17-11-6-7-14(12(10-11)16(18)21)20-9-2-1-5-15(20)13-4-3-8-19-13/h6-7,10,13,15,19H,1-5,8-9H2,(H2,18,21). The van der Waals surface area contributed by atoms with Crippen molar-refractivity contribution in [2.45, 2.75) is 44.2 Å². The van der Waals surface area contributed by atoms with Crippen LogP contribution in [0, 0.1) is 0 Å². The average Bonchev–Trinajstić information content (AvgIpc) is 3.01. The van der Waals surface area contributed by atoms with Crippen LogP contribution in [-0.4, -0.2) is 31.1 Å². The molecule has 3 N–H and O–H groups in total. The molecule has 0 radical (unpaired) electrons. The van der Waals surface area contributed by atoms with Gasteiger partial charge in [-0.3, -0.25) is 4.79 Å². The van der Waals surface area contributed by atoms with E-state index in [1.54, 1.807) is 6.07 Å². The van der Waals surface area contributed by atoms with Gasteiger partial charge in [0.1, 0.15) is 0 Å². The first-order valence-corrected chi connectivity index (χ1v) is 8.14. The fourth-order valence-corrected chi connectivity index (χ4v) is 3.84. The summed E-state index contributed by atoms with van der Waals surface area (Å²) in [4.78, 5) is 14.1. The summed E-state index contributed by atoms with van der Waals surface area (Å²) in [6.07, 6.45) is 6.01. The van der Waals surface area contributed by atoms with Crippen LogP contribution in [0.4, 0.5) is 5.69 Å². The van der Waals surface area contributed by atoms with Crippen molar-refractivity contribution in [1.82, 2.24) is 5.32 Å². The van der Waals surface area contributed by atoms with Crippen LogP contribution in [0.15, 0.2) is 18.2 Å². The van der Waals surface area contributed by atoms with E-state index in [2.05, 4.69) is 10.2 Å². The predicted octanol–water partition coefficient (Wildman–Crippen LogP) is 2.55. The molecule has 1 aromatic carbocycles. The van der Waals surface area contributed by atoms with Gasteiger partial charge >= 0.3 is 0 Å². The second-order valence-electron chi connectivity index (χ2n) is 5.99. The minimum atomic E-state index is -0.406. The van der Waals surface area contributed by atoms with E-state index < -0.39 is 5.91 Å². The molecular weight excluding hydrogens is 286 g/mol. The number of anilines is 1.